The molecule has 2 unspecified atom stereocenters. The summed E-state index contributed by atoms with van der Waals surface area (Å²) in [6.45, 7) is 3.83. The van der Waals surface area contributed by atoms with E-state index in [1.807, 2.05) is 24.3 Å². The van der Waals surface area contributed by atoms with E-state index in [1.54, 1.807) is 6.20 Å². The smallest absolute Gasteiger partial charge is 0.103 e. The summed E-state index contributed by atoms with van der Waals surface area (Å²) in [5.41, 5.74) is 2.40. The van der Waals surface area contributed by atoms with E-state index >= 15 is 0 Å². The van der Waals surface area contributed by atoms with Crippen LogP contribution in [0.25, 0.3) is 10.9 Å². The molecule has 21 heavy (non-hydrogen) atoms. The van der Waals surface area contributed by atoms with Crippen molar-refractivity contribution in [3.63, 3.8) is 0 Å². The molecule has 0 aliphatic carbocycles. The molecule has 1 aromatic heterocycles. The van der Waals surface area contributed by atoms with Crippen LogP contribution in [-0.4, -0.2) is 24.2 Å². The van der Waals surface area contributed by atoms with Crippen LogP contribution in [0, 0.1) is 17.2 Å². The third-order valence-corrected chi connectivity index (χ3v) is 4.19. The summed E-state index contributed by atoms with van der Waals surface area (Å²) in [4.78, 5) is 4.34. The standard InChI is InChI=1S/C17H19N3O/c1-2-16-12(7-8-21-16)10-20-17-13(9-18)11-19-15-6-4-3-5-14(15)17/h3-6,11-12,16H,2,7-8,10H2,1H3,(H,19,20). The molecule has 0 radical (unpaired) electrons. The molecule has 1 fully saturated rings. The first-order valence-electron chi connectivity index (χ1n) is 7.46. The maximum absolute atomic E-state index is 9.31. The Balaban J connectivity index is 1.87. The zero-order valence-corrected chi connectivity index (χ0v) is 12.2. The number of nitrogens with one attached hydrogen (secondary N) is 1. The molecule has 1 aliphatic rings. The van der Waals surface area contributed by atoms with Gasteiger partial charge in [-0.2, -0.15) is 5.26 Å². The quantitative estimate of drug-likeness (QED) is 0.934. The van der Waals surface area contributed by atoms with Crippen LogP contribution in [0.1, 0.15) is 25.3 Å². The zero-order chi connectivity index (χ0) is 14.7. The summed E-state index contributed by atoms with van der Waals surface area (Å²) < 4.78 is 5.73. The van der Waals surface area contributed by atoms with Gasteiger partial charge in [-0.15, -0.1) is 0 Å². The monoisotopic (exact) mass is 281 g/mol. The van der Waals surface area contributed by atoms with E-state index < -0.39 is 0 Å². The number of aromatic nitrogens is 1. The number of benzene rings is 1. The molecule has 2 atom stereocenters. The van der Waals surface area contributed by atoms with Crippen LogP contribution in [0.15, 0.2) is 30.5 Å². The fraction of sp³-hybridized carbons (Fsp3) is 0.412. The predicted octanol–water partition coefficient (Wildman–Crippen LogP) is 3.33. The van der Waals surface area contributed by atoms with Gasteiger partial charge in [-0.1, -0.05) is 25.1 Å². The largest absolute Gasteiger partial charge is 0.383 e. The highest BCUT2D eigenvalue weighted by molar-refractivity contribution is 5.93. The van der Waals surface area contributed by atoms with Crippen molar-refractivity contribution in [1.82, 2.24) is 4.98 Å². The molecule has 3 rings (SSSR count). The molecule has 2 heterocycles. The Morgan fingerprint density at radius 1 is 1.43 bits per heavy atom. The van der Waals surface area contributed by atoms with Gasteiger partial charge in [-0.05, 0) is 18.9 Å². The van der Waals surface area contributed by atoms with Crippen molar-refractivity contribution in [1.29, 1.82) is 5.26 Å². The third-order valence-electron chi connectivity index (χ3n) is 4.19. The first kappa shape index (κ1) is 13.8. The van der Waals surface area contributed by atoms with E-state index in [0.717, 1.165) is 42.6 Å². The van der Waals surface area contributed by atoms with E-state index in [-0.39, 0.29) is 0 Å². The Kier molecular flexibility index (Phi) is 4.03. The average Bonchev–Trinajstić information content (AvgIpc) is 2.99. The Hall–Kier alpha value is -2.12. The van der Waals surface area contributed by atoms with Gasteiger partial charge in [0.2, 0.25) is 0 Å². The molecular formula is C17H19N3O. The second-order valence-corrected chi connectivity index (χ2v) is 5.42. The number of para-hydroxylation sites is 1. The highest BCUT2D eigenvalue weighted by Gasteiger charge is 2.26. The number of hydrogen-bond donors (Lipinski definition) is 1. The number of hydrogen-bond acceptors (Lipinski definition) is 4. The lowest BCUT2D eigenvalue weighted by atomic mass is 9.99. The van der Waals surface area contributed by atoms with Crippen LogP contribution in [0.2, 0.25) is 0 Å². The molecule has 0 bridgehead atoms. The minimum atomic E-state index is 0.330. The molecule has 4 nitrogen and oxygen atoms in total. The van der Waals surface area contributed by atoms with E-state index in [1.165, 1.54) is 0 Å². The molecule has 108 valence electrons. The van der Waals surface area contributed by atoms with Crippen molar-refractivity contribution in [2.24, 2.45) is 5.92 Å². The topological polar surface area (TPSA) is 57.9 Å². The van der Waals surface area contributed by atoms with Crippen molar-refractivity contribution in [2.45, 2.75) is 25.9 Å². The van der Waals surface area contributed by atoms with Crippen molar-refractivity contribution in [3.05, 3.63) is 36.0 Å². The molecule has 0 amide bonds. The first-order valence-corrected chi connectivity index (χ1v) is 7.46. The Morgan fingerprint density at radius 3 is 3.10 bits per heavy atom. The highest BCUT2D eigenvalue weighted by atomic mass is 16.5. The third kappa shape index (κ3) is 2.70. The van der Waals surface area contributed by atoms with Crippen LogP contribution in [0.5, 0.6) is 0 Å². The van der Waals surface area contributed by atoms with Crippen LogP contribution >= 0.6 is 0 Å². The van der Waals surface area contributed by atoms with Crippen molar-refractivity contribution >= 4 is 16.6 Å². The van der Waals surface area contributed by atoms with Gasteiger partial charge in [0.05, 0.1) is 22.9 Å². The van der Waals surface area contributed by atoms with Gasteiger partial charge in [0.1, 0.15) is 6.07 Å². The Labute approximate surface area is 124 Å². The molecule has 0 saturated carbocycles. The van der Waals surface area contributed by atoms with Gasteiger partial charge in [-0.25, -0.2) is 0 Å². The van der Waals surface area contributed by atoms with Gasteiger partial charge >= 0.3 is 0 Å². The summed E-state index contributed by atoms with van der Waals surface area (Å²) in [5.74, 6) is 0.508. The molecule has 2 aromatic rings. The number of anilines is 1. The molecule has 1 saturated heterocycles. The van der Waals surface area contributed by atoms with E-state index in [4.69, 9.17) is 4.74 Å². The highest BCUT2D eigenvalue weighted by Crippen LogP contribution is 2.28. The summed E-state index contributed by atoms with van der Waals surface area (Å²) >= 11 is 0. The van der Waals surface area contributed by atoms with Crippen LogP contribution in [0.3, 0.4) is 0 Å². The summed E-state index contributed by atoms with van der Waals surface area (Å²) in [6, 6.07) is 10.1. The number of pyridine rings is 1. The van der Waals surface area contributed by atoms with Crippen LogP contribution in [-0.2, 0) is 4.74 Å². The van der Waals surface area contributed by atoms with Gasteiger partial charge in [-0.3, -0.25) is 4.98 Å². The summed E-state index contributed by atoms with van der Waals surface area (Å²) in [5, 5.41) is 13.8. The second kappa shape index (κ2) is 6.11. The van der Waals surface area contributed by atoms with Gasteiger partial charge in [0, 0.05) is 30.7 Å². The van der Waals surface area contributed by atoms with Gasteiger partial charge in [0.15, 0.2) is 0 Å². The van der Waals surface area contributed by atoms with Crippen LogP contribution in [0.4, 0.5) is 5.69 Å². The number of rotatable bonds is 4. The number of nitrogens with zero attached hydrogens (tertiary/aromatic N) is 2. The fourth-order valence-corrected chi connectivity index (χ4v) is 3.03. The fourth-order valence-electron chi connectivity index (χ4n) is 3.03. The number of nitriles is 1. The van der Waals surface area contributed by atoms with E-state index in [2.05, 4.69) is 23.3 Å². The molecular weight excluding hydrogens is 262 g/mol. The number of ether oxygens (including phenoxy) is 1. The minimum Gasteiger partial charge on any atom is -0.383 e. The maximum atomic E-state index is 9.31. The summed E-state index contributed by atoms with van der Waals surface area (Å²) in [7, 11) is 0. The molecule has 1 aromatic carbocycles. The first-order chi connectivity index (χ1) is 10.3. The van der Waals surface area contributed by atoms with Crippen molar-refractivity contribution in [3.8, 4) is 6.07 Å². The lowest BCUT2D eigenvalue weighted by Crippen LogP contribution is -2.23. The Morgan fingerprint density at radius 2 is 2.29 bits per heavy atom. The SMILES string of the molecule is CCC1OCCC1CNc1c(C#N)cnc2ccccc12. The van der Waals surface area contributed by atoms with Crippen molar-refractivity contribution < 1.29 is 4.74 Å². The maximum Gasteiger partial charge on any atom is 0.103 e. The molecule has 0 spiro atoms. The van der Waals surface area contributed by atoms with Gasteiger partial charge in [0.25, 0.3) is 0 Å². The average molecular weight is 281 g/mol. The normalized spacial score (nSPS) is 21.3. The lowest BCUT2D eigenvalue weighted by molar-refractivity contribution is 0.0900. The number of fused-ring (bicyclic) bond motifs is 1. The Bertz CT molecular complexity index is 677. The zero-order valence-electron chi connectivity index (χ0n) is 12.2. The molecule has 1 aliphatic heterocycles. The summed E-state index contributed by atoms with van der Waals surface area (Å²) in [6.07, 6.45) is 4.09. The predicted molar refractivity (Wildman–Crippen MR) is 83.1 cm³/mol. The van der Waals surface area contributed by atoms with E-state index in [9.17, 15) is 5.26 Å². The molecule has 4 heteroatoms. The van der Waals surface area contributed by atoms with Crippen molar-refractivity contribution in [2.75, 3.05) is 18.5 Å². The van der Waals surface area contributed by atoms with Gasteiger partial charge < -0.3 is 10.1 Å². The second-order valence-electron chi connectivity index (χ2n) is 5.42. The molecule has 1 N–H and O–H groups in total. The van der Waals surface area contributed by atoms with Crippen LogP contribution < -0.4 is 5.32 Å². The van der Waals surface area contributed by atoms with E-state index in [0.29, 0.717) is 17.6 Å². The lowest BCUT2D eigenvalue weighted by Gasteiger charge is -2.19. The minimum absolute atomic E-state index is 0.330.